The summed E-state index contributed by atoms with van der Waals surface area (Å²) in [6, 6.07) is 10.8. The molecular formula is C17H16N4O2S. The Hall–Kier alpha value is -2.54. The molecule has 1 N–H and O–H groups in total. The van der Waals surface area contributed by atoms with Crippen molar-refractivity contribution in [3.63, 3.8) is 0 Å². The highest BCUT2D eigenvalue weighted by Gasteiger charge is 2.31. The van der Waals surface area contributed by atoms with Gasteiger partial charge in [-0.3, -0.25) is 9.59 Å². The average molecular weight is 340 g/mol. The summed E-state index contributed by atoms with van der Waals surface area (Å²) >= 11 is 1.64. The quantitative estimate of drug-likeness (QED) is 0.778. The molecule has 1 amide bonds. The molecule has 6 nitrogen and oxygen atoms in total. The highest BCUT2D eigenvalue weighted by atomic mass is 32.1. The number of piperidine rings is 1. The third-order valence-corrected chi connectivity index (χ3v) is 5.40. The van der Waals surface area contributed by atoms with Gasteiger partial charge in [-0.2, -0.15) is 5.10 Å². The summed E-state index contributed by atoms with van der Waals surface area (Å²) < 4.78 is 1.13. The van der Waals surface area contributed by atoms with Crippen molar-refractivity contribution in [1.82, 2.24) is 20.1 Å². The first-order chi connectivity index (χ1) is 11.7. The molecule has 1 aliphatic rings. The Balaban J connectivity index is 1.68. The van der Waals surface area contributed by atoms with Gasteiger partial charge in [-0.05, 0) is 37.5 Å². The maximum atomic E-state index is 12.8. The number of likely N-dealkylation sites (tertiary alicyclic amines) is 1. The zero-order valence-electron chi connectivity index (χ0n) is 12.9. The Morgan fingerprint density at radius 1 is 1.21 bits per heavy atom. The SMILES string of the molecule is O=C(c1ccc(=O)[nH]n1)N1CCCC[C@@H]1c1nc2ccccc2s1. The molecule has 24 heavy (non-hydrogen) atoms. The van der Waals surface area contributed by atoms with Gasteiger partial charge in [0, 0.05) is 12.6 Å². The molecule has 0 radical (unpaired) electrons. The van der Waals surface area contributed by atoms with E-state index in [0.717, 1.165) is 34.5 Å². The van der Waals surface area contributed by atoms with E-state index in [-0.39, 0.29) is 23.2 Å². The molecule has 1 atom stereocenters. The summed E-state index contributed by atoms with van der Waals surface area (Å²) in [5.41, 5.74) is 0.924. The number of nitrogens with zero attached hydrogens (tertiary/aromatic N) is 3. The third-order valence-electron chi connectivity index (χ3n) is 4.26. The van der Waals surface area contributed by atoms with Crippen molar-refractivity contribution < 1.29 is 4.79 Å². The van der Waals surface area contributed by atoms with Crippen molar-refractivity contribution in [3.8, 4) is 0 Å². The van der Waals surface area contributed by atoms with E-state index >= 15 is 0 Å². The van der Waals surface area contributed by atoms with Gasteiger partial charge in [0.05, 0.1) is 16.3 Å². The van der Waals surface area contributed by atoms with Crippen LogP contribution in [0.15, 0.2) is 41.2 Å². The number of carbonyl (C=O) groups excluding carboxylic acids is 1. The zero-order chi connectivity index (χ0) is 16.5. The fraction of sp³-hybridized carbons (Fsp3) is 0.294. The van der Waals surface area contributed by atoms with Gasteiger partial charge in [-0.1, -0.05) is 12.1 Å². The molecule has 0 spiro atoms. The Morgan fingerprint density at radius 3 is 2.88 bits per heavy atom. The predicted octanol–water partition coefficient (Wildman–Crippen LogP) is 2.75. The van der Waals surface area contributed by atoms with Crippen LogP contribution in [0.4, 0.5) is 0 Å². The molecule has 3 aromatic rings. The number of hydrogen-bond acceptors (Lipinski definition) is 5. The second kappa shape index (κ2) is 6.16. The van der Waals surface area contributed by atoms with Gasteiger partial charge in [0.2, 0.25) is 0 Å². The minimum atomic E-state index is -0.312. The molecule has 1 fully saturated rings. The number of nitrogens with one attached hydrogen (secondary N) is 1. The highest BCUT2D eigenvalue weighted by molar-refractivity contribution is 7.18. The van der Waals surface area contributed by atoms with Gasteiger partial charge in [-0.15, -0.1) is 11.3 Å². The molecule has 0 saturated carbocycles. The van der Waals surface area contributed by atoms with Crippen LogP contribution in [0.5, 0.6) is 0 Å². The van der Waals surface area contributed by atoms with E-state index in [9.17, 15) is 9.59 Å². The van der Waals surface area contributed by atoms with Crippen LogP contribution in [-0.4, -0.2) is 32.5 Å². The smallest absolute Gasteiger partial charge is 0.274 e. The van der Waals surface area contributed by atoms with Crippen LogP contribution in [0.3, 0.4) is 0 Å². The molecule has 1 saturated heterocycles. The number of carbonyl (C=O) groups is 1. The van der Waals surface area contributed by atoms with Crippen molar-refractivity contribution >= 4 is 27.5 Å². The van der Waals surface area contributed by atoms with E-state index in [1.165, 1.54) is 12.1 Å². The lowest BCUT2D eigenvalue weighted by Crippen LogP contribution is -2.39. The maximum absolute atomic E-state index is 12.8. The van der Waals surface area contributed by atoms with E-state index in [1.807, 2.05) is 23.1 Å². The molecule has 0 bridgehead atoms. The Bertz CT molecular complexity index is 895. The average Bonchev–Trinajstić information content (AvgIpc) is 3.06. The number of hydrogen-bond donors (Lipinski definition) is 1. The fourth-order valence-electron chi connectivity index (χ4n) is 3.07. The zero-order valence-corrected chi connectivity index (χ0v) is 13.8. The number of benzene rings is 1. The van der Waals surface area contributed by atoms with Crippen LogP contribution in [0, 0.1) is 0 Å². The first-order valence-corrected chi connectivity index (χ1v) is 8.76. The number of H-pyrrole nitrogens is 1. The molecular weight excluding hydrogens is 324 g/mol. The summed E-state index contributed by atoms with van der Waals surface area (Å²) in [5.74, 6) is -0.157. The highest BCUT2D eigenvalue weighted by Crippen LogP contribution is 2.36. The van der Waals surface area contributed by atoms with Gasteiger partial charge in [-0.25, -0.2) is 10.1 Å². The topological polar surface area (TPSA) is 79.0 Å². The molecule has 1 aliphatic heterocycles. The van der Waals surface area contributed by atoms with E-state index < -0.39 is 0 Å². The van der Waals surface area contributed by atoms with Gasteiger partial charge in [0.1, 0.15) is 10.7 Å². The molecule has 0 aliphatic carbocycles. The summed E-state index contributed by atoms with van der Waals surface area (Å²) in [5, 5.41) is 7.17. The molecule has 7 heteroatoms. The molecule has 122 valence electrons. The van der Waals surface area contributed by atoms with E-state index in [2.05, 4.69) is 16.3 Å². The number of fused-ring (bicyclic) bond motifs is 1. The van der Waals surface area contributed by atoms with Crippen molar-refractivity contribution in [3.05, 3.63) is 57.5 Å². The van der Waals surface area contributed by atoms with E-state index in [0.29, 0.717) is 6.54 Å². The molecule has 3 heterocycles. The van der Waals surface area contributed by atoms with E-state index in [4.69, 9.17) is 4.98 Å². The number of para-hydroxylation sites is 1. The summed E-state index contributed by atoms with van der Waals surface area (Å²) in [4.78, 5) is 30.5. The predicted molar refractivity (Wildman–Crippen MR) is 92.1 cm³/mol. The van der Waals surface area contributed by atoms with Crippen LogP contribution in [-0.2, 0) is 0 Å². The van der Waals surface area contributed by atoms with Crippen molar-refractivity contribution in [2.45, 2.75) is 25.3 Å². The number of rotatable bonds is 2. The van der Waals surface area contributed by atoms with Gasteiger partial charge in [0.15, 0.2) is 0 Å². The lowest BCUT2D eigenvalue weighted by atomic mass is 10.0. The number of amides is 1. The van der Waals surface area contributed by atoms with Crippen LogP contribution in [0.25, 0.3) is 10.2 Å². The van der Waals surface area contributed by atoms with Crippen molar-refractivity contribution in [1.29, 1.82) is 0 Å². The fourth-order valence-corrected chi connectivity index (χ4v) is 4.19. The van der Waals surface area contributed by atoms with E-state index in [1.54, 1.807) is 11.3 Å². The Labute approximate surface area is 142 Å². The summed E-state index contributed by atoms with van der Waals surface area (Å²) in [6.45, 7) is 0.681. The largest absolute Gasteiger partial charge is 0.328 e. The standard InChI is InChI=1S/C17H16N4O2S/c22-15-9-8-12(19-20-15)17(23)21-10-4-3-6-13(21)16-18-11-5-1-2-7-14(11)24-16/h1-2,5,7-9,13H,3-4,6,10H2,(H,20,22)/t13-/m1/s1. The van der Waals surface area contributed by atoms with Crippen LogP contribution in [0.1, 0.15) is 40.8 Å². The monoisotopic (exact) mass is 340 g/mol. The second-order valence-corrected chi connectivity index (χ2v) is 6.90. The molecule has 0 unspecified atom stereocenters. The molecule has 4 rings (SSSR count). The van der Waals surface area contributed by atoms with Gasteiger partial charge in [0.25, 0.3) is 11.5 Å². The van der Waals surface area contributed by atoms with Gasteiger partial charge >= 0.3 is 0 Å². The van der Waals surface area contributed by atoms with Crippen LogP contribution in [0.2, 0.25) is 0 Å². The minimum absolute atomic E-state index is 0.0302. The number of aromatic amines is 1. The first-order valence-electron chi connectivity index (χ1n) is 7.94. The van der Waals surface area contributed by atoms with Crippen LogP contribution >= 0.6 is 11.3 Å². The summed E-state index contributed by atoms with van der Waals surface area (Å²) in [7, 11) is 0. The second-order valence-electron chi connectivity index (χ2n) is 5.84. The number of thiazole rings is 1. The summed E-state index contributed by atoms with van der Waals surface area (Å²) in [6.07, 6.45) is 2.94. The molecule has 2 aromatic heterocycles. The maximum Gasteiger partial charge on any atom is 0.274 e. The number of aromatic nitrogens is 3. The van der Waals surface area contributed by atoms with Crippen LogP contribution < -0.4 is 5.56 Å². The third kappa shape index (κ3) is 2.71. The lowest BCUT2D eigenvalue weighted by Gasteiger charge is -2.34. The Morgan fingerprint density at radius 2 is 2.08 bits per heavy atom. The Kier molecular flexibility index (Phi) is 3.86. The van der Waals surface area contributed by atoms with Crippen molar-refractivity contribution in [2.75, 3.05) is 6.54 Å². The first kappa shape index (κ1) is 15.0. The normalized spacial score (nSPS) is 18.0. The molecule has 1 aromatic carbocycles. The van der Waals surface area contributed by atoms with Crippen molar-refractivity contribution in [2.24, 2.45) is 0 Å². The minimum Gasteiger partial charge on any atom is -0.328 e. The lowest BCUT2D eigenvalue weighted by molar-refractivity contribution is 0.0604. The van der Waals surface area contributed by atoms with Gasteiger partial charge < -0.3 is 4.90 Å².